The van der Waals surface area contributed by atoms with Crippen LogP contribution in [0.25, 0.3) is 0 Å². The molecule has 1 aliphatic rings. The van der Waals surface area contributed by atoms with Crippen molar-refractivity contribution in [1.82, 2.24) is 9.88 Å². The minimum absolute atomic E-state index is 0.143. The summed E-state index contributed by atoms with van der Waals surface area (Å²) in [4.78, 5) is 6.74. The number of pyridine rings is 1. The Hall–Kier alpha value is -0.930. The lowest BCUT2D eigenvalue weighted by Gasteiger charge is -2.41. The minimum Gasteiger partial charge on any atom is -0.326 e. The maximum absolute atomic E-state index is 6.29. The van der Waals surface area contributed by atoms with Crippen LogP contribution in [0.15, 0.2) is 24.5 Å². The molecule has 2 N–H and O–H groups in total. The van der Waals surface area contributed by atoms with Crippen LogP contribution in [0.1, 0.15) is 57.6 Å². The Balaban J connectivity index is 2.20. The lowest BCUT2D eigenvalue weighted by molar-refractivity contribution is 0.0974. The van der Waals surface area contributed by atoms with Crippen LogP contribution in [0.5, 0.6) is 0 Å². The van der Waals surface area contributed by atoms with Crippen molar-refractivity contribution in [2.45, 2.75) is 64.1 Å². The van der Waals surface area contributed by atoms with E-state index in [9.17, 15) is 0 Å². The quantitative estimate of drug-likeness (QED) is 0.885. The van der Waals surface area contributed by atoms with Gasteiger partial charge in [0.25, 0.3) is 0 Å². The summed E-state index contributed by atoms with van der Waals surface area (Å²) >= 11 is 0. The summed E-state index contributed by atoms with van der Waals surface area (Å²) in [6.07, 6.45) is 10.5. The molecule has 0 bridgehead atoms. The van der Waals surface area contributed by atoms with E-state index in [-0.39, 0.29) is 6.04 Å². The Morgan fingerprint density at radius 2 is 1.89 bits per heavy atom. The first kappa shape index (κ1) is 14.5. The Morgan fingerprint density at radius 1 is 1.26 bits per heavy atom. The minimum atomic E-state index is 0.143. The number of rotatable bonds is 5. The van der Waals surface area contributed by atoms with Crippen LogP contribution >= 0.6 is 0 Å². The van der Waals surface area contributed by atoms with Crippen molar-refractivity contribution >= 4 is 0 Å². The first-order valence-electron chi connectivity index (χ1n) is 7.65. The van der Waals surface area contributed by atoms with E-state index in [2.05, 4.69) is 35.9 Å². The molecule has 1 aliphatic carbocycles. The third-order valence-corrected chi connectivity index (χ3v) is 4.31. The fourth-order valence-electron chi connectivity index (χ4n) is 3.45. The molecule has 1 aromatic heterocycles. The van der Waals surface area contributed by atoms with Crippen molar-refractivity contribution in [2.24, 2.45) is 5.73 Å². The molecule has 1 fully saturated rings. The van der Waals surface area contributed by atoms with Crippen LogP contribution in [0.3, 0.4) is 0 Å². The summed E-state index contributed by atoms with van der Waals surface area (Å²) < 4.78 is 0. The molecule has 1 aromatic rings. The molecule has 2 atom stereocenters. The van der Waals surface area contributed by atoms with Gasteiger partial charge >= 0.3 is 0 Å². The largest absolute Gasteiger partial charge is 0.326 e. The molecule has 2 unspecified atom stereocenters. The van der Waals surface area contributed by atoms with Crippen molar-refractivity contribution in [3.63, 3.8) is 0 Å². The lowest BCUT2D eigenvalue weighted by atomic mass is 9.90. The molecule has 3 heteroatoms. The molecule has 0 saturated heterocycles. The standard InChI is InChI=1S/C16H27N3/c1-3-19(15-7-5-4-6-8-15)16(13(2)17)14-9-11-18-12-10-14/h9-13,15-16H,3-8,17H2,1-2H3. The zero-order valence-corrected chi connectivity index (χ0v) is 12.3. The van der Waals surface area contributed by atoms with Gasteiger partial charge in [-0.05, 0) is 44.0 Å². The Morgan fingerprint density at radius 3 is 2.42 bits per heavy atom. The van der Waals surface area contributed by atoms with E-state index in [1.807, 2.05) is 12.4 Å². The zero-order valence-electron chi connectivity index (χ0n) is 12.3. The first-order valence-corrected chi connectivity index (χ1v) is 7.65. The number of likely N-dealkylation sites (N-methyl/N-ethyl adjacent to an activating group) is 1. The number of hydrogen-bond acceptors (Lipinski definition) is 3. The molecular formula is C16H27N3. The van der Waals surface area contributed by atoms with E-state index in [0.717, 1.165) is 6.54 Å². The van der Waals surface area contributed by atoms with Crippen molar-refractivity contribution in [1.29, 1.82) is 0 Å². The van der Waals surface area contributed by atoms with Crippen LogP contribution in [0.2, 0.25) is 0 Å². The van der Waals surface area contributed by atoms with Gasteiger partial charge in [0.2, 0.25) is 0 Å². The topological polar surface area (TPSA) is 42.2 Å². The van der Waals surface area contributed by atoms with Crippen molar-refractivity contribution in [2.75, 3.05) is 6.54 Å². The first-order chi connectivity index (χ1) is 9.24. The molecule has 19 heavy (non-hydrogen) atoms. The summed E-state index contributed by atoms with van der Waals surface area (Å²) in [6, 6.07) is 5.38. The normalized spacial score (nSPS) is 20.4. The van der Waals surface area contributed by atoms with Crippen molar-refractivity contribution in [3.05, 3.63) is 30.1 Å². The molecule has 2 rings (SSSR count). The predicted molar refractivity (Wildman–Crippen MR) is 79.9 cm³/mol. The lowest BCUT2D eigenvalue weighted by Crippen LogP contribution is -2.45. The monoisotopic (exact) mass is 261 g/mol. The molecule has 0 spiro atoms. The van der Waals surface area contributed by atoms with E-state index < -0.39 is 0 Å². The van der Waals surface area contributed by atoms with Crippen molar-refractivity contribution < 1.29 is 0 Å². The summed E-state index contributed by atoms with van der Waals surface area (Å²) in [7, 11) is 0. The summed E-state index contributed by atoms with van der Waals surface area (Å²) in [5.41, 5.74) is 7.59. The van der Waals surface area contributed by atoms with Crippen LogP contribution < -0.4 is 5.73 Å². The predicted octanol–water partition coefficient (Wildman–Crippen LogP) is 3.12. The van der Waals surface area contributed by atoms with E-state index in [1.54, 1.807) is 0 Å². The van der Waals surface area contributed by atoms with Gasteiger partial charge in [0, 0.05) is 30.5 Å². The summed E-state index contributed by atoms with van der Waals surface area (Å²) in [6.45, 7) is 5.45. The van der Waals surface area contributed by atoms with Crippen LogP contribution in [-0.4, -0.2) is 28.5 Å². The molecule has 3 nitrogen and oxygen atoms in total. The Bertz CT molecular complexity index is 358. The van der Waals surface area contributed by atoms with E-state index in [4.69, 9.17) is 5.73 Å². The van der Waals surface area contributed by atoms with Gasteiger partial charge in [0.05, 0.1) is 0 Å². The highest BCUT2D eigenvalue weighted by atomic mass is 15.2. The van der Waals surface area contributed by atoms with E-state index in [1.165, 1.54) is 37.7 Å². The maximum atomic E-state index is 6.29. The van der Waals surface area contributed by atoms with Gasteiger partial charge in [-0.3, -0.25) is 9.88 Å². The average Bonchev–Trinajstić information content (AvgIpc) is 2.46. The molecule has 1 saturated carbocycles. The van der Waals surface area contributed by atoms with Crippen molar-refractivity contribution in [3.8, 4) is 0 Å². The highest BCUT2D eigenvalue weighted by Crippen LogP contribution is 2.31. The second kappa shape index (κ2) is 7.01. The number of nitrogens with zero attached hydrogens (tertiary/aromatic N) is 2. The highest BCUT2D eigenvalue weighted by Gasteiger charge is 2.29. The SMILES string of the molecule is CCN(C1CCCCC1)C(c1ccncc1)C(C)N. The summed E-state index contributed by atoms with van der Waals surface area (Å²) in [5.74, 6) is 0. The van der Waals surface area contributed by atoms with Gasteiger partial charge in [0.15, 0.2) is 0 Å². The number of nitrogens with two attached hydrogens (primary N) is 1. The molecular weight excluding hydrogens is 234 g/mol. The fraction of sp³-hybridized carbons (Fsp3) is 0.688. The van der Waals surface area contributed by atoms with Gasteiger partial charge in [-0.15, -0.1) is 0 Å². The van der Waals surface area contributed by atoms with Gasteiger partial charge in [0.1, 0.15) is 0 Å². The van der Waals surface area contributed by atoms with Crippen LogP contribution in [-0.2, 0) is 0 Å². The second-order valence-corrected chi connectivity index (χ2v) is 5.71. The third kappa shape index (κ3) is 3.54. The zero-order chi connectivity index (χ0) is 13.7. The van der Waals surface area contributed by atoms with E-state index >= 15 is 0 Å². The highest BCUT2D eigenvalue weighted by molar-refractivity contribution is 5.17. The Labute approximate surface area is 117 Å². The smallest absolute Gasteiger partial charge is 0.0500 e. The molecule has 0 amide bonds. The van der Waals surface area contributed by atoms with Gasteiger partial charge in [-0.2, -0.15) is 0 Å². The van der Waals surface area contributed by atoms with Gasteiger partial charge in [-0.1, -0.05) is 26.2 Å². The molecule has 0 aromatic carbocycles. The summed E-state index contributed by atoms with van der Waals surface area (Å²) in [5, 5.41) is 0. The van der Waals surface area contributed by atoms with Crippen LogP contribution in [0, 0.1) is 0 Å². The molecule has 0 radical (unpaired) electrons. The molecule has 0 aliphatic heterocycles. The van der Waals surface area contributed by atoms with Gasteiger partial charge < -0.3 is 5.73 Å². The van der Waals surface area contributed by atoms with Crippen LogP contribution in [0.4, 0.5) is 0 Å². The number of hydrogen-bond donors (Lipinski definition) is 1. The third-order valence-electron chi connectivity index (χ3n) is 4.31. The fourth-order valence-corrected chi connectivity index (χ4v) is 3.45. The average molecular weight is 261 g/mol. The van der Waals surface area contributed by atoms with E-state index in [0.29, 0.717) is 12.1 Å². The molecule has 1 heterocycles. The second-order valence-electron chi connectivity index (χ2n) is 5.71. The number of aromatic nitrogens is 1. The Kier molecular flexibility index (Phi) is 5.34. The maximum Gasteiger partial charge on any atom is 0.0500 e. The van der Waals surface area contributed by atoms with Gasteiger partial charge in [-0.25, -0.2) is 0 Å². The molecule has 106 valence electrons.